The summed E-state index contributed by atoms with van der Waals surface area (Å²) < 4.78 is 0. The molecule has 0 aliphatic carbocycles. The van der Waals surface area contributed by atoms with Crippen LogP contribution in [0.5, 0.6) is 0 Å². The van der Waals surface area contributed by atoms with E-state index in [1.807, 2.05) is 36.9 Å². The van der Waals surface area contributed by atoms with Gasteiger partial charge in [0.2, 0.25) is 0 Å². The van der Waals surface area contributed by atoms with Crippen molar-refractivity contribution in [1.82, 2.24) is 10.2 Å². The number of thiol groups is 1. The minimum Gasteiger partial charge on any atom is -0.318 e. The molecule has 6 heteroatoms. The highest BCUT2D eigenvalue weighted by Crippen LogP contribution is 2.29. The number of nitrogens with zero attached hydrogens (tertiary/aromatic N) is 1. The van der Waals surface area contributed by atoms with E-state index in [1.54, 1.807) is 11.8 Å². The van der Waals surface area contributed by atoms with Crippen molar-refractivity contribution < 1.29 is 4.79 Å². The fourth-order valence-electron chi connectivity index (χ4n) is 3.56. The zero-order chi connectivity index (χ0) is 18.4. The van der Waals surface area contributed by atoms with Gasteiger partial charge in [-0.25, -0.2) is 0 Å². The van der Waals surface area contributed by atoms with Crippen molar-refractivity contribution in [1.29, 1.82) is 0 Å². The molecule has 1 aromatic rings. The quantitative estimate of drug-likeness (QED) is 0.636. The van der Waals surface area contributed by atoms with E-state index in [0.29, 0.717) is 6.54 Å². The van der Waals surface area contributed by atoms with Crippen LogP contribution >= 0.6 is 24.4 Å². The molecule has 2 atom stereocenters. The Morgan fingerprint density at radius 3 is 2.92 bits per heavy atom. The zero-order valence-electron chi connectivity index (χ0n) is 15.5. The minimum absolute atomic E-state index is 0.0576. The van der Waals surface area contributed by atoms with Gasteiger partial charge in [-0.3, -0.25) is 4.79 Å². The van der Waals surface area contributed by atoms with Gasteiger partial charge in [0, 0.05) is 24.7 Å². The van der Waals surface area contributed by atoms with E-state index in [9.17, 15) is 4.79 Å². The molecular weight excluding hydrogens is 350 g/mol. The summed E-state index contributed by atoms with van der Waals surface area (Å²) in [5, 5.41) is 3.55. The number of amides is 1. The minimum atomic E-state index is -0.655. The Morgan fingerprint density at radius 1 is 1.48 bits per heavy atom. The van der Waals surface area contributed by atoms with Crippen LogP contribution < -0.4 is 11.1 Å². The summed E-state index contributed by atoms with van der Waals surface area (Å²) in [6.45, 7) is 5.49. The van der Waals surface area contributed by atoms with Gasteiger partial charge in [0.15, 0.2) is 0 Å². The van der Waals surface area contributed by atoms with Gasteiger partial charge < -0.3 is 16.0 Å². The Labute approximate surface area is 161 Å². The van der Waals surface area contributed by atoms with Crippen LogP contribution in [0, 0.1) is 13.8 Å². The number of nitrogens with two attached hydrogens (primary N) is 1. The van der Waals surface area contributed by atoms with Crippen LogP contribution in [0.25, 0.3) is 0 Å². The van der Waals surface area contributed by atoms with Crippen molar-refractivity contribution in [3.05, 3.63) is 34.9 Å². The van der Waals surface area contributed by atoms with Crippen molar-refractivity contribution in [2.24, 2.45) is 5.73 Å². The van der Waals surface area contributed by atoms with Crippen LogP contribution in [0.2, 0.25) is 0 Å². The van der Waals surface area contributed by atoms with E-state index in [4.69, 9.17) is 5.73 Å². The van der Waals surface area contributed by atoms with E-state index in [2.05, 4.69) is 24.2 Å². The van der Waals surface area contributed by atoms with Gasteiger partial charge in [-0.15, -0.1) is 0 Å². The molecule has 1 aliphatic heterocycles. The molecular formula is C19H31N3OS2. The monoisotopic (exact) mass is 381 g/mol. The van der Waals surface area contributed by atoms with E-state index < -0.39 is 5.66 Å². The first-order valence-electron chi connectivity index (χ1n) is 8.96. The van der Waals surface area contributed by atoms with Crippen LogP contribution in [-0.4, -0.2) is 53.4 Å². The number of piperazine rings is 1. The van der Waals surface area contributed by atoms with Crippen LogP contribution in [0.3, 0.4) is 0 Å². The number of aryl methyl sites for hydroxylation is 1. The Balaban J connectivity index is 2.34. The Morgan fingerprint density at radius 2 is 2.24 bits per heavy atom. The summed E-state index contributed by atoms with van der Waals surface area (Å²) in [7, 11) is 0. The predicted octanol–water partition coefficient (Wildman–Crippen LogP) is 2.84. The van der Waals surface area contributed by atoms with Gasteiger partial charge in [0.25, 0.3) is 5.91 Å². The van der Waals surface area contributed by atoms with Crippen molar-refractivity contribution in [3.63, 3.8) is 0 Å². The summed E-state index contributed by atoms with van der Waals surface area (Å²) in [6, 6.07) is 6.03. The third-order valence-electron chi connectivity index (χ3n) is 5.27. The van der Waals surface area contributed by atoms with Crippen LogP contribution in [0.4, 0.5) is 0 Å². The van der Waals surface area contributed by atoms with Crippen molar-refractivity contribution >= 4 is 30.3 Å². The summed E-state index contributed by atoms with van der Waals surface area (Å²) in [5.74, 6) is 1.83. The second-order valence-corrected chi connectivity index (χ2v) is 8.24. The predicted molar refractivity (Wildman–Crippen MR) is 112 cm³/mol. The molecule has 1 aliphatic rings. The standard InChI is InChI=1S/C19H31N3OS2/c1-14-6-4-7-16(15(14)2)18(23)22-11-10-21-17(8-5-12-24)19(22,20)9-13-25-3/h4,6-7,17,21,24H,5,8-13,20H2,1-3H3/t17?,19-/m0/s1. The average molecular weight is 382 g/mol. The van der Waals surface area contributed by atoms with E-state index >= 15 is 0 Å². The third-order valence-corrected chi connectivity index (χ3v) is 6.20. The number of nitrogens with one attached hydrogen (secondary N) is 1. The third kappa shape index (κ3) is 4.54. The molecule has 1 fully saturated rings. The highest BCUT2D eigenvalue weighted by atomic mass is 32.2. The highest BCUT2D eigenvalue weighted by Gasteiger charge is 2.45. The molecule has 0 aromatic heterocycles. The molecule has 1 amide bonds. The van der Waals surface area contributed by atoms with Gasteiger partial charge in [-0.05, 0) is 68.1 Å². The van der Waals surface area contributed by atoms with Gasteiger partial charge in [0.1, 0.15) is 5.66 Å². The summed E-state index contributed by atoms with van der Waals surface area (Å²) in [6.07, 6.45) is 4.80. The fourth-order valence-corrected chi connectivity index (χ4v) is 4.28. The Kier molecular flexibility index (Phi) is 7.68. The number of hydrogen-bond acceptors (Lipinski definition) is 5. The molecule has 0 spiro atoms. The largest absolute Gasteiger partial charge is 0.318 e. The summed E-state index contributed by atoms with van der Waals surface area (Å²) in [5.41, 5.74) is 9.21. The van der Waals surface area contributed by atoms with E-state index in [0.717, 1.165) is 54.0 Å². The lowest BCUT2D eigenvalue weighted by atomic mass is 9.88. The van der Waals surface area contributed by atoms with E-state index in [-0.39, 0.29) is 11.9 Å². The van der Waals surface area contributed by atoms with Crippen molar-refractivity contribution in [2.45, 2.75) is 44.8 Å². The first-order chi connectivity index (χ1) is 12.0. The summed E-state index contributed by atoms with van der Waals surface area (Å²) in [4.78, 5) is 15.3. The maximum Gasteiger partial charge on any atom is 0.255 e. The molecule has 1 unspecified atom stereocenters. The van der Waals surface area contributed by atoms with Crippen molar-refractivity contribution in [3.8, 4) is 0 Å². The number of benzene rings is 1. The number of hydrogen-bond donors (Lipinski definition) is 3. The molecule has 25 heavy (non-hydrogen) atoms. The molecule has 140 valence electrons. The van der Waals surface area contributed by atoms with Gasteiger partial charge in [0.05, 0.1) is 0 Å². The van der Waals surface area contributed by atoms with Crippen molar-refractivity contribution in [2.75, 3.05) is 30.9 Å². The molecule has 0 radical (unpaired) electrons. The Hall–Kier alpha value is -0.690. The molecule has 1 saturated heterocycles. The fraction of sp³-hybridized carbons (Fsp3) is 0.632. The molecule has 1 aromatic carbocycles. The number of carbonyl (C=O) groups excluding carboxylic acids is 1. The number of carbonyl (C=O) groups is 1. The lowest BCUT2D eigenvalue weighted by Crippen LogP contribution is -2.73. The SMILES string of the molecule is CSCC[C@@]1(N)C(CCCS)NCCN1C(=O)c1cccc(C)c1C. The number of thioether (sulfide) groups is 1. The molecule has 0 saturated carbocycles. The lowest BCUT2D eigenvalue weighted by molar-refractivity contribution is 0.0166. The zero-order valence-corrected chi connectivity index (χ0v) is 17.3. The van der Waals surface area contributed by atoms with Gasteiger partial charge >= 0.3 is 0 Å². The lowest BCUT2D eigenvalue weighted by Gasteiger charge is -2.50. The van der Waals surface area contributed by atoms with Gasteiger partial charge in [-0.1, -0.05) is 12.1 Å². The number of rotatable bonds is 7. The second kappa shape index (κ2) is 9.31. The normalized spacial score (nSPS) is 23.7. The first-order valence-corrected chi connectivity index (χ1v) is 11.0. The molecule has 4 nitrogen and oxygen atoms in total. The van der Waals surface area contributed by atoms with Crippen LogP contribution in [0.15, 0.2) is 18.2 Å². The average Bonchev–Trinajstić information content (AvgIpc) is 2.61. The molecule has 3 N–H and O–H groups in total. The van der Waals surface area contributed by atoms with Crippen LogP contribution in [0.1, 0.15) is 40.7 Å². The molecule has 2 rings (SSSR count). The molecule has 0 bridgehead atoms. The molecule has 1 heterocycles. The second-order valence-electron chi connectivity index (χ2n) is 6.81. The maximum absolute atomic E-state index is 13.4. The van der Waals surface area contributed by atoms with Crippen LogP contribution in [-0.2, 0) is 0 Å². The summed E-state index contributed by atoms with van der Waals surface area (Å²) >= 11 is 6.11. The van der Waals surface area contributed by atoms with E-state index in [1.165, 1.54) is 0 Å². The smallest absolute Gasteiger partial charge is 0.255 e. The Bertz CT molecular complexity index is 596. The topological polar surface area (TPSA) is 58.4 Å². The highest BCUT2D eigenvalue weighted by molar-refractivity contribution is 7.98. The van der Waals surface area contributed by atoms with Gasteiger partial charge in [-0.2, -0.15) is 24.4 Å². The maximum atomic E-state index is 13.4. The first kappa shape index (κ1) is 20.6.